The Balaban J connectivity index is 2.08. The Morgan fingerprint density at radius 1 is 1.53 bits per heavy atom. The fourth-order valence-corrected chi connectivity index (χ4v) is 2.13. The molecule has 92 valence electrons. The van der Waals surface area contributed by atoms with E-state index in [2.05, 4.69) is 21.2 Å². The molecule has 1 saturated carbocycles. The van der Waals surface area contributed by atoms with Crippen LogP contribution in [0.3, 0.4) is 0 Å². The number of carbonyl (C=O) groups is 1. The van der Waals surface area contributed by atoms with E-state index in [4.69, 9.17) is 4.74 Å². The Kier molecular flexibility index (Phi) is 3.72. The van der Waals surface area contributed by atoms with Crippen LogP contribution < -0.4 is 10.1 Å². The van der Waals surface area contributed by atoms with Crippen LogP contribution >= 0.6 is 15.9 Å². The first-order chi connectivity index (χ1) is 8.11. The lowest BCUT2D eigenvalue weighted by Crippen LogP contribution is -2.22. The molecule has 17 heavy (non-hydrogen) atoms. The van der Waals surface area contributed by atoms with Crippen molar-refractivity contribution in [3.8, 4) is 5.75 Å². The van der Waals surface area contributed by atoms with Crippen molar-refractivity contribution in [2.75, 3.05) is 12.4 Å². The first-order valence-electron chi connectivity index (χ1n) is 5.76. The quantitative estimate of drug-likeness (QED) is 0.924. The number of anilines is 1. The molecule has 1 aliphatic rings. The van der Waals surface area contributed by atoms with Crippen LogP contribution in [0.1, 0.15) is 19.8 Å². The summed E-state index contributed by atoms with van der Waals surface area (Å²) >= 11 is 3.42. The number of halogens is 1. The second-order valence-electron chi connectivity index (χ2n) is 4.46. The summed E-state index contributed by atoms with van der Waals surface area (Å²) in [6.45, 7) is 1.99. The zero-order valence-corrected chi connectivity index (χ0v) is 11.6. The maximum Gasteiger partial charge on any atom is 0.227 e. The third-order valence-corrected chi connectivity index (χ3v) is 3.87. The average molecular weight is 298 g/mol. The van der Waals surface area contributed by atoms with Crippen LogP contribution in [0, 0.1) is 11.8 Å². The van der Waals surface area contributed by atoms with Gasteiger partial charge in [-0.1, -0.05) is 6.92 Å². The van der Waals surface area contributed by atoms with Gasteiger partial charge in [0.2, 0.25) is 5.91 Å². The van der Waals surface area contributed by atoms with Gasteiger partial charge in [-0.05, 0) is 46.8 Å². The van der Waals surface area contributed by atoms with Crippen molar-refractivity contribution in [3.05, 3.63) is 22.7 Å². The molecular weight excluding hydrogens is 282 g/mol. The summed E-state index contributed by atoms with van der Waals surface area (Å²) in [5, 5.41) is 2.94. The molecule has 1 N–H and O–H groups in total. The molecule has 2 rings (SSSR count). The van der Waals surface area contributed by atoms with Gasteiger partial charge < -0.3 is 10.1 Å². The highest BCUT2D eigenvalue weighted by Gasteiger charge is 2.32. The van der Waals surface area contributed by atoms with E-state index in [1.165, 1.54) is 12.8 Å². The lowest BCUT2D eigenvalue weighted by molar-refractivity contribution is -0.119. The van der Waals surface area contributed by atoms with E-state index >= 15 is 0 Å². The molecule has 1 aromatic rings. The molecule has 0 aromatic heterocycles. The maximum atomic E-state index is 12.0. The molecule has 1 aliphatic carbocycles. The number of benzene rings is 1. The molecule has 0 aliphatic heterocycles. The van der Waals surface area contributed by atoms with Crippen LogP contribution in [0.25, 0.3) is 0 Å². The maximum absolute atomic E-state index is 12.0. The second kappa shape index (κ2) is 5.08. The number of methoxy groups -OCH3 is 1. The molecule has 0 heterocycles. The third kappa shape index (κ3) is 3.00. The number of ether oxygens (including phenoxy) is 1. The van der Waals surface area contributed by atoms with Crippen LogP contribution in [0.2, 0.25) is 0 Å². The van der Waals surface area contributed by atoms with Gasteiger partial charge >= 0.3 is 0 Å². The van der Waals surface area contributed by atoms with Crippen LogP contribution in [0.4, 0.5) is 5.69 Å². The van der Waals surface area contributed by atoms with Crippen LogP contribution in [0.15, 0.2) is 22.7 Å². The van der Waals surface area contributed by atoms with Crippen molar-refractivity contribution in [3.63, 3.8) is 0 Å². The predicted octanol–water partition coefficient (Wildman–Crippen LogP) is 3.44. The van der Waals surface area contributed by atoms with Gasteiger partial charge in [0, 0.05) is 16.5 Å². The number of nitrogens with one attached hydrogen (secondary N) is 1. The highest BCUT2D eigenvalue weighted by Crippen LogP contribution is 2.37. The van der Waals surface area contributed by atoms with Gasteiger partial charge in [0.15, 0.2) is 0 Å². The van der Waals surface area contributed by atoms with Gasteiger partial charge in [-0.2, -0.15) is 0 Å². The molecule has 3 nitrogen and oxygen atoms in total. The zero-order valence-electron chi connectivity index (χ0n) is 10.00. The SMILES string of the molecule is COc1ccc(Br)c(NC(=O)C(C)C2CC2)c1. The largest absolute Gasteiger partial charge is 0.497 e. The average Bonchev–Trinajstić information content (AvgIpc) is 3.15. The van der Waals surface area contributed by atoms with E-state index in [1.54, 1.807) is 7.11 Å². The van der Waals surface area contributed by atoms with E-state index < -0.39 is 0 Å². The highest BCUT2D eigenvalue weighted by molar-refractivity contribution is 9.10. The number of amides is 1. The summed E-state index contributed by atoms with van der Waals surface area (Å²) in [5.41, 5.74) is 0.766. The standard InChI is InChI=1S/C13H16BrNO2/c1-8(9-3-4-9)13(16)15-12-7-10(17-2)5-6-11(12)14/h5-9H,3-4H2,1-2H3,(H,15,16). The Morgan fingerprint density at radius 3 is 2.82 bits per heavy atom. The van der Waals surface area contributed by atoms with E-state index in [0.717, 1.165) is 15.9 Å². The number of hydrogen-bond acceptors (Lipinski definition) is 2. The zero-order chi connectivity index (χ0) is 12.4. The summed E-state index contributed by atoms with van der Waals surface area (Å²) < 4.78 is 6.01. The Bertz CT molecular complexity index is 429. The molecule has 1 fully saturated rings. The molecule has 0 spiro atoms. The molecule has 0 saturated heterocycles. The van der Waals surface area contributed by atoms with Crippen molar-refractivity contribution in [1.82, 2.24) is 0 Å². The number of hydrogen-bond donors (Lipinski definition) is 1. The van der Waals surface area contributed by atoms with Gasteiger partial charge in [0.05, 0.1) is 12.8 Å². The van der Waals surface area contributed by atoms with Crippen molar-refractivity contribution in [2.24, 2.45) is 11.8 Å². The molecule has 0 bridgehead atoms. The van der Waals surface area contributed by atoms with Crippen LogP contribution in [0.5, 0.6) is 5.75 Å². The predicted molar refractivity (Wildman–Crippen MR) is 71.2 cm³/mol. The van der Waals surface area contributed by atoms with E-state index in [-0.39, 0.29) is 11.8 Å². The topological polar surface area (TPSA) is 38.3 Å². The molecule has 1 aromatic carbocycles. The second-order valence-corrected chi connectivity index (χ2v) is 5.32. The summed E-state index contributed by atoms with van der Waals surface area (Å²) in [6, 6.07) is 5.54. The van der Waals surface area contributed by atoms with Gasteiger partial charge in [-0.15, -0.1) is 0 Å². The molecule has 1 amide bonds. The summed E-state index contributed by atoms with van der Waals surface area (Å²) in [6.07, 6.45) is 2.35. The van der Waals surface area contributed by atoms with Crippen molar-refractivity contribution in [1.29, 1.82) is 0 Å². The van der Waals surface area contributed by atoms with E-state index in [0.29, 0.717) is 5.92 Å². The number of carbonyl (C=O) groups excluding carboxylic acids is 1. The minimum Gasteiger partial charge on any atom is -0.497 e. The van der Waals surface area contributed by atoms with Gasteiger partial charge in [0.1, 0.15) is 5.75 Å². The van der Waals surface area contributed by atoms with Crippen molar-refractivity contribution >= 4 is 27.5 Å². The normalized spacial score (nSPS) is 16.4. The summed E-state index contributed by atoms with van der Waals surface area (Å²) in [4.78, 5) is 12.0. The molecule has 1 unspecified atom stereocenters. The molecule has 0 radical (unpaired) electrons. The minimum atomic E-state index is 0.0847. The lowest BCUT2D eigenvalue weighted by atomic mass is 10.1. The number of rotatable bonds is 4. The smallest absolute Gasteiger partial charge is 0.227 e. The van der Waals surface area contributed by atoms with E-state index in [9.17, 15) is 4.79 Å². The third-order valence-electron chi connectivity index (χ3n) is 3.17. The monoisotopic (exact) mass is 297 g/mol. The van der Waals surface area contributed by atoms with Crippen LogP contribution in [-0.2, 0) is 4.79 Å². The molecule has 1 atom stereocenters. The van der Waals surface area contributed by atoms with Crippen LogP contribution in [-0.4, -0.2) is 13.0 Å². The minimum absolute atomic E-state index is 0.0847. The summed E-state index contributed by atoms with van der Waals surface area (Å²) in [7, 11) is 1.61. The molecule has 4 heteroatoms. The van der Waals surface area contributed by atoms with E-state index in [1.807, 2.05) is 25.1 Å². The Hall–Kier alpha value is -1.03. The first kappa shape index (κ1) is 12.4. The Labute approximate surface area is 110 Å². The first-order valence-corrected chi connectivity index (χ1v) is 6.55. The van der Waals surface area contributed by atoms with Gasteiger partial charge in [-0.25, -0.2) is 0 Å². The van der Waals surface area contributed by atoms with Gasteiger partial charge in [0.25, 0.3) is 0 Å². The van der Waals surface area contributed by atoms with Gasteiger partial charge in [-0.3, -0.25) is 4.79 Å². The molecular formula is C13H16BrNO2. The fraction of sp³-hybridized carbons (Fsp3) is 0.462. The Morgan fingerprint density at radius 2 is 2.24 bits per heavy atom. The highest BCUT2D eigenvalue weighted by atomic mass is 79.9. The fourth-order valence-electron chi connectivity index (χ4n) is 1.78. The van der Waals surface area contributed by atoms with Crippen molar-refractivity contribution < 1.29 is 9.53 Å². The lowest BCUT2D eigenvalue weighted by Gasteiger charge is -2.13. The van der Waals surface area contributed by atoms with Crippen molar-refractivity contribution in [2.45, 2.75) is 19.8 Å². The summed E-state index contributed by atoms with van der Waals surface area (Å²) in [5.74, 6) is 1.48.